The number of aryl methyl sites for hydroxylation is 3. The lowest BCUT2D eigenvalue weighted by molar-refractivity contribution is -0.136. The zero-order chi connectivity index (χ0) is 19.3. The van der Waals surface area contributed by atoms with Gasteiger partial charge in [-0.25, -0.2) is 0 Å². The summed E-state index contributed by atoms with van der Waals surface area (Å²) in [6, 6.07) is 11.3. The second-order valence-corrected chi connectivity index (χ2v) is 6.17. The van der Waals surface area contributed by atoms with Crippen molar-refractivity contribution in [2.45, 2.75) is 27.2 Å². The summed E-state index contributed by atoms with van der Waals surface area (Å²) in [6.45, 7) is 5.91. The van der Waals surface area contributed by atoms with Crippen LogP contribution >= 0.6 is 0 Å². The highest BCUT2D eigenvalue weighted by Crippen LogP contribution is 2.26. The maximum atomic E-state index is 10.8. The van der Waals surface area contributed by atoms with Crippen LogP contribution in [0.2, 0.25) is 0 Å². The Hall–Kier alpha value is -3.08. The van der Waals surface area contributed by atoms with Gasteiger partial charge in [0.05, 0.1) is 13.5 Å². The Kier molecular flexibility index (Phi) is 6.17. The Balaban J connectivity index is 0.000000209. The Morgan fingerprint density at radius 3 is 2.42 bits per heavy atom. The van der Waals surface area contributed by atoms with E-state index in [2.05, 4.69) is 4.98 Å². The van der Waals surface area contributed by atoms with E-state index in [0.717, 1.165) is 39.8 Å². The van der Waals surface area contributed by atoms with Gasteiger partial charge in [-0.2, -0.15) is 0 Å². The van der Waals surface area contributed by atoms with Crippen molar-refractivity contribution >= 4 is 23.2 Å². The number of carbonyl (C=O) groups excluding carboxylic acids is 1. The number of hydrogen-bond acceptors (Lipinski definition) is 3. The zero-order valence-electron chi connectivity index (χ0n) is 15.4. The third-order valence-electron chi connectivity index (χ3n) is 4.32. The molecule has 0 unspecified atom stereocenters. The maximum absolute atomic E-state index is 10.8. The molecule has 0 aliphatic rings. The summed E-state index contributed by atoms with van der Waals surface area (Å²) < 4.78 is 5.13. The molecular formula is C21H23NO4. The summed E-state index contributed by atoms with van der Waals surface area (Å²) in [5, 5.41) is 9.77. The van der Waals surface area contributed by atoms with Gasteiger partial charge in [0, 0.05) is 22.2 Å². The fraction of sp³-hybridized carbons (Fsp3) is 0.238. The van der Waals surface area contributed by atoms with Gasteiger partial charge in [0.25, 0.3) is 0 Å². The monoisotopic (exact) mass is 353 g/mol. The molecule has 5 nitrogen and oxygen atoms in total. The van der Waals surface area contributed by atoms with Crippen molar-refractivity contribution in [3.05, 3.63) is 64.3 Å². The number of aldehydes is 1. The Morgan fingerprint density at radius 1 is 1.12 bits per heavy atom. The van der Waals surface area contributed by atoms with Gasteiger partial charge < -0.3 is 14.8 Å². The summed E-state index contributed by atoms with van der Waals surface area (Å²) in [5.74, 6) is -0.0926. The summed E-state index contributed by atoms with van der Waals surface area (Å²) in [5.41, 5.74) is 5.81. The predicted octanol–water partition coefficient (Wildman–Crippen LogP) is 4.23. The van der Waals surface area contributed by atoms with Crippen LogP contribution in [-0.4, -0.2) is 29.5 Å². The second-order valence-electron chi connectivity index (χ2n) is 6.17. The number of carboxylic acid groups (broad SMARTS) is 1. The van der Waals surface area contributed by atoms with E-state index in [-0.39, 0.29) is 6.42 Å². The van der Waals surface area contributed by atoms with Crippen LogP contribution in [0, 0.1) is 20.8 Å². The van der Waals surface area contributed by atoms with E-state index in [4.69, 9.17) is 9.84 Å². The topological polar surface area (TPSA) is 79.4 Å². The quantitative estimate of drug-likeness (QED) is 0.688. The van der Waals surface area contributed by atoms with Crippen LogP contribution in [0.4, 0.5) is 0 Å². The molecule has 5 heteroatoms. The van der Waals surface area contributed by atoms with Crippen molar-refractivity contribution in [3.8, 4) is 5.75 Å². The number of ether oxygens (including phenoxy) is 1. The first-order valence-corrected chi connectivity index (χ1v) is 8.25. The van der Waals surface area contributed by atoms with Crippen molar-refractivity contribution in [3.63, 3.8) is 0 Å². The lowest BCUT2D eigenvalue weighted by atomic mass is 10.1. The molecule has 0 saturated heterocycles. The van der Waals surface area contributed by atoms with Gasteiger partial charge in [0.2, 0.25) is 0 Å². The minimum atomic E-state index is -0.827. The minimum Gasteiger partial charge on any atom is -0.497 e. The molecule has 1 aromatic heterocycles. The normalized spacial score (nSPS) is 10.2. The van der Waals surface area contributed by atoms with E-state index in [9.17, 15) is 9.59 Å². The number of aromatic amines is 1. The number of hydrogen-bond donors (Lipinski definition) is 2. The number of aromatic nitrogens is 1. The second kappa shape index (κ2) is 8.34. The number of aliphatic carboxylic acids is 1. The smallest absolute Gasteiger partial charge is 0.307 e. The number of rotatable bonds is 4. The molecule has 0 bridgehead atoms. The first-order valence-electron chi connectivity index (χ1n) is 8.25. The molecule has 1 heterocycles. The van der Waals surface area contributed by atoms with Crippen molar-refractivity contribution in [2.24, 2.45) is 0 Å². The number of carbonyl (C=O) groups is 2. The van der Waals surface area contributed by atoms with E-state index >= 15 is 0 Å². The minimum absolute atomic E-state index is 0.0268. The number of H-pyrrole nitrogens is 1. The van der Waals surface area contributed by atoms with Crippen molar-refractivity contribution in [1.29, 1.82) is 0 Å². The summed E-state index contributed by atoms with van der Waals surface area (Å²) in [7, 11) is 1.59. The summed E-state index contributed by atoms with van der Waals surface area (Å²) >= 11 is 0. The average Bonchev–Trinajstić information content (AvgIpc) is 2.92. The van der Waals surface area contributed by atoms with E-state index in [1.54, 1.807) is 7.11 Å². The Bertz CT molecular complexity index is 941. The summed E-state index contributed by atoms with van der Waals surface area (Å²) in [6.07, 6.45) is 0.894. The summed E-state index contributed by atoms with van der Waals surface area (Å²) in [4.78, 5) is 24.2. The third kappa shape index (κ3) is 4.51. The van der Waals surface area contributed by atoms with Gasteiger partial charge >= 0.3 is 5.97 Å². The van der Waals surface area contributed by atoms with Gasteiger partial charge in [-0.15, -0.1) is 0 Å². The molecule has 0 spiro atoms. The lowest BCUT2D eigenvalue weighted by Crippen LogP contribution is -2.00. The predicted molar refractivity (Wildman–Crippen MR) is 102 cm³/mol. The average molecular weight is 353 g/mol. The van der Waals surface area contributed by atoms with Crippen LogP contribution in [0.25, 0.3) is 10.9 Å². The first kappa shape index (κ1) is 19.2. The highest BCUT2D eigenvalue weighted by atomic mass is 16.5. The first-order chi connectivity index (χ1) is 12.3. The van der Waals surface area contributed by atoms with Gasteiger partial charge in [0.1, 0.15) is 12.0 Å². The largest absolute Gasteiger partial charge is 0.497 e. The van der Waals surface area contributed by atoms with Crippen LogP contribution in [0.15, 0.2) is 36.4 Å². The fourth-order valence-electron chi connectivity index (χ4n) is 2.71. The number of benzene rings is 2. The highest BCUT2D eigenvalue weighted by Gasteiger charge is 2.12. The van der Waals surface area contributed by atoms with Crippen LogP contribution in [0.5, 0.6) is 5.75 Å². The van der Waals surface area contributed by atoms with Crippen molar-refractivity contribution < 1.29 is 19.4 Å². The highest BCUT2D eigenvalue weighted by molar-refractivity contribution is 5.89. The lowest BCUT2D eigenvalue weighted by Gasteiger charge is -2.00. The van der Waals surface area contributed by atoms with Gasteiger partial charge in [-0.3, -0.25) is 9.59 Å². The van der Waals surface area contributed by atoms with Crippen LogP contribution in [0.1, 0.15) is 32.7 Å². The molecule has 0 aliphatic heterocycles. The van der Waals surface area contributed by atoms with Gasteiger partial charge in [-0.1, -0.05) is 12.1 Å². The van der Waals surface area contributed by atoms with Gasteiger partial charge in [0.15, 0.2) is 0 Å². The fourth-order valence-corrected chi connectivity index (χ4v) is 2.71. The van der Waals surface area contributed by atoms with Crippen LogP contribution in [0.3, 0.4) is 0 Å². The molecule has 2 N–H and O–H groups in total. The molecule has 0 fully saturated rings. The van der Waals surface area contributed by atoms with E-state index in [1.807, 2.05) is 57.2 Å². The molecule has 26 heavy (non-hydrogen) atoms. The van der Waals surface area contributed by atoms with E-state index in [1.165, 1.54) is 11.1 Å². The zero-order valence-corrected chi connectivity index (χ0v) is 15.4. The maximum Gasteiger partial charge on any atom is 0.307 e. The third-order valence-corrected chi connectivity index (χ3v) is 4.32. The number of carboxylic acids is 1. The molecule has 136 valence electrons. The molecule has 0 saturated carbocycles. The molecule has 0 atom stereocenters. The number of methoxy groups -OCH3 is 1. The SMILES string of the molecule is COc1ccc2[nH]c(C)c(CC(=O)O)c2c1.Cc1ccc(C=O)cc1C. The van der Waals surface area contributed by atoms with Gasteiger partial charge in [-0.05, 0) is 61.7 Å². The number of nitrogens with one attached hydrogen (secondary N) is 1. The number of fused-ring (bicyclic) bond motifs is 1. The molecule has 2 aromatic carbocycles. The Morgan fingerprint density at radius 2 is 1.85 bits per heavy atom. The van der Waals surface area contributed by atoms with Crippen LogP contribution in [-0.2, 0) is 11.2 Å². The van der Waals surface area contributed by atoms with E-state index < -0.39 is 5.97 Å². The molecule has 0 aliphatic carbocycles. The molecular weight excluding hydrogens is 330 g/mol. The van der Waals surface area contributed by atoms with E-state index in [0.29, 0.717) is 0 Å². The molecule has 0 amide bonds. The molecule has 3 aromatic rings. The standard InChI is InChI=1S/C12H13NO3.C9H10O/c1-7-9(6-12(14)15)10-5-8(16-2)3-4-11(10)13-7;1-7-3-4-9(6-10)5-8(7)2/h3-5,13H,6H2,1-2H3,(H,14,15);3-6H,1-2H3. The van der Waals surface area contributed by atoms with Crippen molar-refractivity contribution in [2.75, 3.05) is 7.11 Å². The molecule has 3 rings (SSSR count). The Labute approximate surface area is 152 Å². The van der Waals surface area contributed by atoms with Crippen LogP contribution < -0.4 is 4.74 Å². The molecule has 0 radical (unpaired) electrons. The van der Waals surface area contributed by atoms with Crippen molar-refractivity contribution in [1.82, 2.24) is 4.98 Å².